The lowest BCUT2D eigenvalue weighted by molar-refractivity contribution is -0.385. The van der Waals surface area contributed by atoms with Gasteiger partial charge in [0.25, 0.3) is 17.5 Å². The number of esters is 1. The number of nitro benzene ring substituents is 1. The van der Waals surface area contributed by atoms with Crippen LogP contribution in [-0.2, 0) is 27.2 Å². The minimum Gasteiger partial charge on any atom is -0.465 e. The first-order chi connectivity index (χ1) is 28.7. The van der Waals surface area contributed by atoms with Gasteiger partial charge < -0.3 is 20.7 Å². The molecule has 5 aromatic carbocycles. The molecule has 1 heterocycles. The summed E-state index contributed by atoms with van der Waals surface area (Å²) in [7, 11) is 1.34. The summed E-state index contributed by atoms with van der Waals surface area (Å²) in [6.45, 7) is 0. The van der Waals surface area contributed by atoms with Crippen molar-refractivity contribution in [2.24, 2.45) is 0 Å². The van der Waals surface area contributed by atoms with Crippen molar-refractivity contribution in [3.05, 3.63) is 194 Å². The number of carbonyl (C=O) groups is 4. The SMILES string of the molecule is COC(=O)c1c(NC(=O)C(Sc2cccc(NC(=O)/C(=C\c3ccccc3[N+](=O)[O-])NC(=O)c3ccccc3)c2)c2ccccc2)sc2c1CCC(c1ccccc1)C2. The Kier molecular flexibility index (Phi) is 12.7. The molecule has 0 spiro atoms. The maximum atomic E-state index is 14.4. The standard InChI is InChI=1S/C46H38N4O7S2/c1-57-46(54)40-36-25-24-32(29-14-5-2-6-15-29)27-39(36)59-45(40)49-44(53)41(30-16-7-3-8-17-30)58-35-22-13-21-34(28-35)47-43(52)37(48-42(51)31-18-9-4-10-19-31)26-33-20-11-12-23-38(33)50(55)56/h2-23,26,28,32,41H,24-25,27H2,1H3,(H,47,52)(H,48,51)(H,49,53)/b37-26+. The molecule has 59 heavy (non-hydrogen) atoms. The number of rotatable bonds is 13. The number of amides is 3. The normalized spacial score (nSPS) is 14.0. The monoisotopic (exact) mass is 822 g/mol. The van der Waals surface area contributed by atoms with Crippen LogP contribution in [0, 0.1) is 10.1 Å². The molecule has 296 valence electrons. The molecule has 0 radical (unpaired) electrons. The Labute approximate surface area is 348 Å². The number of benzene rings is 5. The van der Waals surface area contributed by atoms with Crippen molar-refractivity contribution < 1.29 is 28.8 Å². The van der Waals surface area contributed by atoms with Crippen molar-refractivity contribution in [1.29, 1.82) is 0 Å². The van der Waals surface area contributed by atoms with Gasteiger partial charge in [0.1, 0.15) is 15.9 Å². The van der Waals surface area contributed by atoms with Crippen molar-refractivity contribution in [2.75, 3.05) is 17.7 Å². The first-order valence-corrected chi connectivity index (χ1v) is 20.4. The number of ether oxygens (including phenoxy) is 1. The van der Waals surface area contributed by atoms with Gasteiger partial charge in [-0.05, 0) is 84.3 Å². The van der Waals surface area contributed by atoms with Gasteiger partial charge in [0.05, 0.1) is 23.2 Å². The zero-order chi connectivity index (χ0) is 41.3. The molecular formula is C46H38N4O7S2. The Hall–Kier alpha value is -6.83. The smallest absolute Gasteiger partial charge is 0.341 e. The lowest BCUT2D eigenvalue weighted by Crippen LogP contribution is -2.30. The number of nitro groups is 1. The molecule has 1 aromatic heterocycles. The Morgan fingerprint density at radius 1 is 0.847 bits per heavy atom. The fraction of sp³-hybridized carbons (Fsp3) is 0.130. The highest BCUT2D eigenvalue weighted by Crippen LogP contribution is 2.44. The van der Waals surface area contributed by atoms with Crippen LogP contribution in [0.5, 0.6) is 0 Å². The fourth-order valence-electron chi connectivity index (χ4n) is 6.94. The number of fused-ring (bicyclic) bond motifs is 1. The van der Waals surface area contributed by atoms with E-state index in [1.165, 1.54) is 60.0 Å². The maximum Gasteiger partial charge on any atom is 0.341 e. The highest BCUT2D eigenvalue weighted by molar-refractivity contribution is 8.00. The number of nitrogens with zero attached hydrogens (tertiary/aromatic N) is 1. The number of methoxy groups -OCH3 is 1. The minimum atomic E-state index is -0.775. The molecule has 11 nitrogen and oxygen atoms in total. The Morgan fingerprint density at radius 2 is 1.53 bits per heavy atom. The van der Waals surface area contributed by atoms with Crippen LogP contribution >= 0.6 is 23.1 Å². The van der Waals surface area contributed by atoms with E-state index in [9.17, 15) is 29.3 Å². The number of nitrogens with one attached hydrogen (secondary N) is 3. The number of thiophene rings is 1. The van der Waals surface area contributed by atoms with E-state index < -0.39 is 28.0 Å². The van der Waals surface area contributed by atoms with Gasteiger partial charge in [-0.1, -0.05) is 97.1 Å². The molecule has 0 saturated heterocycles. The van der Waals surface area contributed by atoms with Crippen molar-refractivity contribution in [2.45, 2.75) is 35.3 Å². The van der Waals surface area contributed by atoms with E-state index >= 15 is 0 Å². The van der Waals surface area contributed by atoms with Crippen LogP contribution in [0.15, 0.2) is 150 Å². The van der Waals surface area contributed by atoms with Crippen molar-refractivity contribution in [3.63, 3.8) is 0 Å². The van der Waals surface area contributed by atoms with Gasteiger partial charge in [-0.3, -0.25) is 24.5 Å². The molecule has 3 N–H and O–H groups in total. The molecule has 13 heteroatoms. The zero-order valence-corrected chi connectivity index (χ0v) is 33.4. The fourth-order valence-corrected chi connectivity index (χ4v) is 9.34. The number of hydrogen-bond acceptors (Lipinski definition) is 9. The highest BCUT2D eigenvalue weighted by Gasteiger charge is 2.32. The molecule has 6 aromatic rings. The third-order valence-corrected chi connectivity index (χ3v) is 12.2. The summed E-state index contributed by atoms with van der Waals surface area (Å²) in [5.74, 6) is -1.86. The molecule has 0 fully saturated rings. The average Bonchev–Trinajstić information content (AvgIpc) is 3.63. The van der Waals surface area contributed by atoms with Gasteiger partial charge in [0.15, 0.2) is 0 Å². The summed E-state index contributed by atoms with van der Waals surface area (Å²) < 4.78 is 5.21. The molecule has 0 aliphatic heterocycles. The van der Waals surface area contributed by atoms with Crippen LogP contribution in [-0.4, -0.2) is 35.7 Å². The van der Waals surface area contributed by atoms with E-state index in [0.717, 1.165) is 23.3 Å². The number of thioether (sulfide) groups is 1. The lowest BCUT2D eigenvalue weighted by atomic mass is 9.83. The van der Waals surface area contributed by atoms with E-state index in [-0.39, 0.29) is 28.4 Å². The molecule has 1 aliphatic rings. The van der Waals surface area contributed by atoms with Crippen molar-refractivity contribution in [1.82, 2.24) is 5.32 Å². The van der Waals surface area contributed by atoms with E-state index in [1.807, 2.05) is 48.5 Å². The molecule has 2 atom stereocenters. The molecule has 3 amide bonds. The summed E-state index contributed by atoms with van der Waals surface area (Å²) in [5, 5.41) is 20.0. The van der Waals surface area contributed by atoms with Gasteiger partial charge in [-0.2, -0.15) is 0 Å². The molecular weight excluding hydrogens is 785 g/mol. The second-order valence-electron chi connectivity index (χ2n) is 13.6. The predicted octanol–water partition coefficient (Wildman–Crippen LogP) is 9.60. The summed E-state index contributed by atoms with van der Waals surface area (Å²) in [5.41, 5.74) is 3.54. The molecule has 0 saturated carbocycles. The third kappa shape index (κ3) is 9.66. The number of carbonyl (C=O) groups excluding carboxylic acids is 4. The van der Waals surface area contributed by atoms with E-state index in [0.29, 0.717) is 39.0 Å². The van der Waals surface area contributed by atoms with Crippen LogP contribution < -0.4 is 16.0 Å². The summed E-state index contributed by atoms with van der Waals surface area (Å²) in [6, 6.07) is 40.6. The van der Waals surface area contributed by atoms with E-state index in [4.69, 9.17) is 4.74 Å². The summed E-state index contributed by atoms with van der Waals surface area (Å²) >= 11 is 2.66. The predicted molar refractivity (Wildman–Crippen MR) is 231 cm³/mol. The first-order valence-electron chi connectivity index (χ1n) is 18.7. The second kappa shape index (κ2) is 18.6. The van der Waals surface area contributed by atoms with Gasteiger partial charge in [-0.15, -0.1) is 23.1 Å². The zero-order valence-electron chi connectivity index (χ0n) is 31.8. The van der Waals surface area contributed by atoms with Crippen molar-refractivity contribution >= 4 is 69.2 Å². The Bertz CT molecular complexity index is 2540. The number of hydrogen-bond donors (Lipinski definition) is 3. The van der Waals surface area contributed by atoms with E-state index in [1.54, 1.807) is 60.7 Å². The minimum absolute atomic E-state index is 0.120. The van der Waals surface area contributed by atoms with E-state index in [2.05, 4.69) is 28.1 Å². The van der Waals surface area contributed by atoms with Crippen LogP contribution in [0.3, 0.4) is 0 Å². The number of para-hydroxylation sites is 1. The van der Waals surface area contributed by atoms with Crippen LogP contribution in [0.25, 0.3) is 6.08 Å². The molecule has 7 rings (SSSR count). The Balaban J connectivity index is 1.14. The Morgan fingerprint density at radius 3 is 2.24 bits per heavy atom. The largest absolute Gasteiger partial charge is 0.465 e. The lowest BCUT2D eigenvalue weighted by Gasteiger charge is -2.22. The van der Waals surface area contributed by atoms with Crippen molar-refractivity contribution in [3.8, 4) is 0 Å². The average molecular weight is 823 g/mol. The van der Waals surface area contributed by atoms with Gasteiger partial charge in [0, 0.05) is 27.1 Å². The topological polar surface area (TPSA) is 157 Å². The second-order valence-corrected chi connectivity index (χ2v) is 15.9. The third-order valence-electron chi connectivity index (χ3n) is 9.81. The van der Waals surface area contributed by atoms with Crippen LogP contribution in [0.2, 0.25) is 0 Å². The summed E-state index contributed by atoms with van der Waals surface area (Å²) in [4.78, 5) is 67.5. The number of anilines is 2. The van der Waals surface area contributed by atoms with Gasteiger partial charge >= 0.3 is 5.97 Å². The van der Waals surface area contributed by atoms with Gasteiger partial charge in [0.2, 0.25) is 5.91 Å². The molecule has 2 unspecified atom stereocenters. The highest BCUT2D eigenvalue weighted by atomic mass is 32.2. The maximum absolute atomic E-state index is 14.4. The van der Waals surface area contributed by atoms with Gasteiger partial charge in [-0.25, -0.2) is 4.79 Å². The summed E-state index contributed by atoms with van der Waals surface area (Å²) in [6.07, 6.45) is 3.54. The first kappa shape index (κ1) is 40.4. The van der Waals surface area contributed by atoms with Crippen LogP contribution in [0.1, 0.15) is 65.4 Å². The molecule has 1 aliphatic carbocycles. The molecule has 0 bridgehead atoms. The van der Waals surface area contributed by atoms with Crippen LogP contribution in [0.4, 0.5) is 16.4 Å². The quantitative estimate of drug-likeness (QED) is 0.0342.